The van der Waals surface area contributed by atoms with Crippen LogP contribution in [0.3, 0.4) is 0 Å². The van der Waals surface area contributed by atoms with E-state index in [1.165, 1.54) is 0 Å². The van der Waals surface area contributed by atoms with Crippen LogP contribution in [0.2, 0.25) is 0 Å². The number of imidazole rings is 1. The second-order valence-electron chi connectivity index (χ2n) is 3.86. The summed E-state index contributed by atoms with van der Waals surface area (Å²) in [5.41, 5.74) is 0. The second-order valence-corrected chi connectivity index (χ2v) is 3.86. The van der Waals surface area contributed by atoms with Crippen molar-refractivity contribution < 1.29 is 0 Å². The highest BCUT2D eigenvalue weighted by Gasteiger charge is 1.98. The summed E-state index contributed by atoms with van der Waals surface area (Å²) in [5, 5.41) is 6.48. The minimum Gasteiger partial charge on any atom is -0.357 e. The molecule has 0 unspecified atom stereocenters. The lowest BCUT2D eigenvalue weighted by Gasteiger charge is -2.13. The van der Waals surface area contributed by atoms with Crippen LogP contribution in [0.15, 0.2) is 23.7 Å². The van der Waals surface area contributed by atoms with Gasteiger partial charge in [-0.25, -0.2) is 4.98 Å². The summed E-state index contributed by atoms with van der Waals surface area (Å²) in [4.78, 5) is 8.46. The molecule has 2 N–H and O–H groups in total. The maximum absolute atomic E-state index is 4.47. The van der Waals surface area contributed by atoms with Crippen molar-refractivity contribution in [3.8, 4) is 0 Å². The van der Waals surface area contributed by atoms with Gasteiger partial charge in [-0.3, -0.25) is 4.99 Å². The maximum Gasteiger partial charge on any atom is 0.191 e. The Morgan fingerprint density at radius 1 is 1.50 bits per heavy atom. The van der Waals surface area contributed by atoms with Gasteiger partial charge in [0.15, 0.2) is 5.96 Å². The van der Waals surface area contributed by atoms with E-state index in [0.29, 0.717) is 6.04 Å². The molecule has 0 saturated heterocycles. The smallest absolute Gasteiger partial charge is 0.191 e. The molecule has 16 heavy (non-hydrogen) atoms. The largest absolute Gasteiger partial charge is 0.357 e. The number of aliphatic imine (C=N–C) groups is 1. The van der Waals surface area contributed by atoms with Crippen LogP contribution in [0.5, 0.6) is 0 Å². The van der Waals surface area contributed by atoms with Gasteiger partial charge < -0.3 is 15.2 Å². The molecule has 0 atom stereocenters. The molecule has 0 bridgehead atoms. The molecule has 5 nitrogen and oxygen atoms in total. The van der Waals surface area contributed by atoms with Crippen LogP contribution in [0.4, 0.5) is 0 Å². The van der Waals surface area contributed by atoms with Crippen molar-refractivity contribution in [1.29, 1.82) is 0 Å². The first-order valence-corrected chi connectivity index (χ1v) is 5.73. The zero-order chi connectivity index (χ0) is 11.8. The van der Waals surface area contributed by atoms with E-state index >= 15 is 0 Å². The Balaban J connectivity index is 2.38. The molecule has 1 heterocycles. The van der Waals surface area contributed by atoms with Crippen molar-refractivity contribution >= 4 is 5.96 Å². The highest BCUT2D eigenvalue weighted by molar-refractivity contribution is 5.79. The van der Waals surface area contributed by atoms with Gasteiger partial charge in [-0.1, -0.05) is 0 Å². The third-order valence-corrected chi connectivity index (χ3v) is 1.96. The molecule has 0 fully saturated rings. The summed E-state index contributed by atoms with van der Waals surface area (Å²) < 4.78 is 2.02. The van der Waals surface area contributed by atoms with Crippen molar-refractivity contribution in [1.82, 2.24) is 20.2 Å². The van der Waals surface area contributed by atoms with Crippen molar-refractivity contribution in [3.05, 3.63) is 18.7 Å². The highest BCUT2D eigenvalue weighted by Crippen LogP contribution is 1.86. The summed E-state index contributed by atoms with van der Waals surface area (Å²) in [5.74, 6) is 0.873. The van der Waals surface area contributed by atoms with E-state index in [-0.39, 0.29) is 0 Å². The lowest BCUT2D eigenvalue weighted by atomic mass is 10.4. The number of nitrogens with zero attached hydrogens (tertiary/aromatic N) is 3. The quantitative estimate of drug-likeness (QED) is 0.574. The molecule has 0 spiro atoms. The van der Waals surface area contributed by atoms with Crippen LogP contribution in [0, 0.1) is 0 Å². The lowest BCUT2D eigenvalue weighted by molar-refractivity contribution is 0.676. The van der Waals surface area contributed by atoms with Crippen molar-refractivity contribution in [2.75, 3.05) is 13.1 Å². The van der Waals surface area contributed by atoms with Gasteiger partial charge in [-0.15, -0.1) is 0 Å². The summed E-state index contributed by atoms with van der Waals surface area (Å²) in [6.07, 6.45) is 5.53. The Morgan fingerprint density at radius 2 is 2.31 bits per heavy atom. The van der Waals surface area contributed by atoms with Gasteiger partial charge in [-0.2, -0.15) is 0 Å². The third-order valence-electron chi connectivity index (χ3n) is 1.96. The fraction of sp³-hybridized carbons (Fsp3) is 0.636. The first-order chi connectivity index (χ1) is 7.72. The molecule has 0 amide bonds. The summed E-state index contributed by atoms with van der Waals surface area (Å²) in [6, 6.07) is 0.394. The molecule has 0 saturated carbocycles. The number of rotatable bonds is 5. The van der Waals surface area contributed by atoms with E-state index in [9.17, 15) is 0 Å². The van der Waals surface area contributed by atoms with E-state index < -0.39 is 0 Å². The van der Waals surface area contributed by atoms with Crippen molar-refractivity contribution in [2.24, 2.45) is 4.99 Å². The van der Waals surface area contributed by atoms with Gasteiger partial charge in [0, 0.05) is 31.5 Å². The normalized spacial score (nSPS) is 11.9. The van der Waals surface area contributed by atoms with Crippen LogP contribution in [-0.2, 0) is 6.54 Å². The predicted molar refractivity (Wildman–Crippen MR) is 66.5 cm³/mol. The number of nitrogens with one attached hydrogen (secondary N) is 2. The van der Waals surface area contributed by atoms with Crippen LogP contribution < -0.4 is 10.6 Å². The van der Waals surface area contributed by atoms with E-state index in [1.807, 2.05) is 10.8 Å². The third kappa shape index (κ3) is 4.82. The predicted octanol–water partition coefficient (Wildman–Crippen LogP) is 0.847. The van der Waals surface area contributed by atoms with Crippen LogP contribution in [0.1, 0.15) is 20.8 Å². The zero-order valence-electron chi connectivity index (χ0n) is 10.3. The monoisotopic (exact) mass is 223 g/mol. The molecule has 90 valence electrons. The van der Waals surface area contributed by atoms with E-state index in [0.717, 1.165) is 25.6 Å². The van der Waals surface area contributed by atoms with Gasteiger partial charge in [0.05, 0.1) is 12.9 Å². The molecule has 0 aliphatic heterocycles. The molecule has 1 aromatic rings. The first-order valence-electron chi connectivity index (χ1n) is 5.73. The average Bonchev–Trinajstić information content (AvgIpc) is 2.70. The van der Waals surface area contributed by atoms with Gasteiger partial charge in [-0.05, 0) is 20.8 Å². The van der Waals surface area contributed by atoms with E-state index in [1.54, 1.807) is 12.5 Å². The Morgan fingerprint density at radius 3 is 2.88 bits per heavy atom. The van der Waals surface area contributed by atoms with Gasteiger partial charge in [0.25, 0.3) is 0 Å². The molecule has 1 aromatic heterocycles. The second kappa shape index (κ2) is 6.87. The average molecular weight is 223 g/mol. The fourth-order valence-corrected chi connectivity index (χ4v) is 1.29. The lowest BCUT2D eigenvalue weighted by Crippen LogP contribution is -2.41. The molecule has 0 aromatic carbocycles. The van der Waals surface area contributed by atoms with Crippen molar-refractivity contribution in [3.63, 3.8) is 0 Å². The van der Waals surface area contributed by atoms with E-state index in [4.69, 9.17) is 0 Å². The molecule has 1 rings (SSSR count). The molecule has 0 aliphatic carbocycles. The van der Waals surface area contributed by atoms with Gasteiger partial charge in [0.1, 0.15) is 0 Å². The minimum absolute atomic E-state index is 0.394. The topological polar surface area (TPSA) is 54.2 Å². The van der Waals surface area contributed by atoms with E-state index in [2.05, 4.69) is 41.4 Å². The number of hydrogen-bond acceptors (Lipinski definition) is 2. The molecule has 0 aliphatic rings. The minimum atomic E-state index is 0.394. The SMILES string of the molecule is CCNC(=NCCn1ccnc1)NC(C)C. The Bertz CT molecular complexity index is 302. The summed E-state index contributed by atoms with van der Waals surface area (Å²) in [6.45, 7) is 8.75. The van der Waals surface area contributed by atoms with Crippen LogP contribution in [-0.4, -0.2) is 34.6 Å². The Kier molecular flexibility index (Phi) is 5.39. The Labute approximate surface area is 97.0 Å². The van der Waals surface area contributed by atoms with Gasteiger partial charge in [0.2, 0.25) is 0 Å². The first kappa shape index (κ1) is 12.5. The summed E-state index contributed by atoms with van der Waals surface area (Å²) >= 11 is 0. The number of aromatic nitrogens is 2. The zero-order valence-corrected chi connectivity index (χ0v) is 10.3. The van der Waals surface area contributed by atoms with Gasteiger partial charge >= 0.3 is 0 Å². The summed E-state index contributed by atoms with van der Waals surface area (Å²) in [7, 11) is 0. The fourth-order valence-electron chi connectivity index (χ4n) is 1.29. The van der Waals surface area contributed by atoms with Crippen LogP contribution >= 0.6 is 0 Å². The van der Waals surface area contributed by atoms with Crippen LogP contribution in [0.25, 0.3) is 0 Å². The standard InChI is InChI=1S/C11H21N5/c1-4-13-11(15-10(2)3)14-6-8-16-7-5-12-9-16/h5,7,9-10H,4,6,8H2,1-3H3,(H2,13,14,15). The maximum atomic E-state index is 4.47. The Hall–Kier alpha value is -1.52. The number of guanidine groups is 1. The number of hydrogen-bond donors (Lipinski definition) is 2. The molecule has 5 heteroatoms. The van der Waals surface area contributed by atoms with Crippen molar-refractivity contribution in [2.45, 2.75) is 33.4 Å². The molecule has 0 radical (unpaired) electrons. The molecular weight excluding hydrogens is 202 g/mol. The highest BCUT2D eigenvalue weighted by atomic mass is 15.2. The molecular formula is C11H21N5.